The molecule has 0 aliphatic carbocycles. The van der Waals surface area contributed by atoms with Crippen LogP contribution < -0.4 is 14.8 Å². The third-order valence-electron chi connectivity index (χ3n) is 1.66. The molecule has 0 amide bonds. The van der Waals surface area contributed by atoms with Crippen molar-refractivity contribution >= 4 is 11.3 Å². The average Bonchev–Trinajstić information content (AvgIpc) is 2.44. The van der Waals surface area contributed by atoms with E-state index in [4.69, 9.17) is 9.47 Å². The lowest BCUT2D eigenvalue weighted by molar-refractivity contribution is 0.147. The molecule has 2 heterocycles. The van der Waals surface area contributed by atoms with Crippen molar-refractivity contribution in [3.8, 4) is 10.3 Å². The first-order valence-corrected chi connectivity index (χ1v) is 4.57. The molecule has 0 unspecified atom stereocenters. The van der Waals surface area contributed by atoms with Crippen molar-refractivity contribution in [1.29, 1.82) is 0 Å². The SMILES string of the molecule is COc1ncc(OC2CNC2)s1. The lowest BCUT2D eigenvalue weighted by Crippen LogP contribution is -2.50. The van der Waals surface area contributed by atoms with Crippen LogP contribution in [0.25, 0.3) is 0 Å². The fourth-order valence-corrected chi connectivity index (χ4v) is 1.55. The quantitative estimate of drug-likeness (QED) is 0.746. The fraction of sp³-hybridized carbons (Fsp3) is 0.571. The lowest BCUT2D eigenvalue weighted by atomic mass is 10.2. The van der Waals surface area contributed by atoms with Gasteiger partial charge in [-0.1, -0.05) is 0 Å². The number of aromatic nitrogens is 1. The highest BCUT2D eigenvalue weighted by molar-refractivity contribution is 7.15. The normalized spacial score (nSPS) is 17.1. The van der Waals surface area contributed by atoms with Crippen LogP contribution in [0.15, 0.2) is 6.20 Å². The molecule has 1 aromatic rings. The van der Waals surface area contributed by atoms with Crippen LogP contribution in [0.5, 0.6) is 10.3 Å². The van der Waals surface area contributed by atoms with Crippen LogP contribution in [0, 0.1) is 0 Å². The van der Waals surface area contributed by atoms with Crippen molar-refractivity contribution in [3.05, 3.63) is 6.20 Å². The number of thiazole rings is 1. The molecule has 2 rings (SSSR count). The summed E-state index contributed by atoms with van der Waals surface area (Å²) >= 11 is 1.43. The van der Waals surface area contributed by atoms with Gasteiger partial charge in [0.05, 0.1) is 13.3 Å². The van der Waals surface area contributed by atoms with Crippen LogP contribution in [-0.4, -0.2) is 31.3 Å². The number of nitrogens with one attached hydrogen (secondary N) is 1. The maximum Gasteiger partial charge on any atom is 0.276 e. The van der Waals surface area contributed by atoms with Crippen LogP contribution in [0.1, 0.15) is 0 Å². The van der Waals surface area contributed by atoms with Gasteiger partial charge in [0.2, 0.25) is 0 Å². The molecule has 1 saturated heterocycles. The Labute approximate surface area is 74.5 Å². The van der Waals surface area contributed by atoms with E-state index in [0.29, 0.717) is 11.3 Å². The minimum absolute atomic E-state index is 0.315. The molecule has 0 bridgehead atoms. The van der Waals surface area contributed by atoms with Gasteiger partial charge in [-0.15, -0.1) is 0 Å². The van der Waals surface area contributed by atoms with Gasteiger partial charge in [0, 0.05) is 13.1 Å². The van der Waals surface area contributed by atoms with Crippen LogP contribution in [0.3, 0.4) is 0 Å². The molecule has 0 atom stereocenters. The molecule has 1 fully saturated rings. The van der Waals surface area contributed by atoms with Gasteiger partial charge in [-0.2, -0.15) is 0 Å². The number of hydrogen-bond donors (Lipinski definition) is 1. The van der Waals surface area contributed by atoms with E-state index in [1.165, 1.54) is 11.3 Å². The Hall–Kier alpha value is -0.810. The summed E-state index contributed by atoms with van der Waals surface area (Å²) in [6, 6.07) is 0. The van der Waals surface area contributed by atoms with E-state index in [2.05, 4.69) is 10.3 Å². The van der Waals surface area contributed by atoms with E-state index < -0.39 is 0 Å². The predicted octanol–water partition coefficient (Wildman–Crippen LogP) is 0.502. The summed E-state index contributed by atoms with van der Waals surface area (Å²) in [5.41, 5.74) is 0. The van der Waals surface area contributed by atoms with Gasteiger partial charge in [0.25, 0.3) is 5.19 Å². The number of hydrogen-bond acceptors (Lipinski definition) is 5. The Morgan fingerprint density at radius 3 is 3.00 bits per heavy atom. The molecular weight excluding hydrogens is 176 g/mol. The maximum atomic E-state index is 5.55. The fourth-order valence-electron chi connectivity index (χ4n) is 0.903. The second kappa shape index (κ2) is 3.28. The minimum Gasteiger partial charge on any atom is -0.477 e. The van der Waals surface area contributed by atoms with Crippen molar-refractivity contribution < 1.29 is 9.47 Å². The van der Waals surface area contributed by atoms with Gasteiger partial charge in [0.1, 0.15) is 6.10 Å². The Morgan fingerprint density at radius 2 is 2.50 bits per heavy atom. The van der Waals surface area contributed by atoms with Crippen LogP contribution in [0.4, 0.5) is 0 Å². The Bertz CT molecular complexity index is 260. The molecule has 1 aliphatic heterocycles. The Balaban J connectivity index is 1.93. The molecule has 1 N–H and O–H groups in total. The van der Waals surface area contributed by atoms with Crippen LogP contribution in [0.2, 0.25) is 0 Å². The highest BCUT2D eigenvalue weighted by Crippen LogP contribution is 2.28. The van der Waals surface area contributed by atoms with E-state index in [0.717, 1.165) is 18.2 Å². The number of methoxy groups -OCH3 is 1. The summed E-state index contributed by atoms with van der Waals surface area (Å²) in [5, 5.41) is 4.61. The maximum absolute atomic E-state index is 5.55. The Kier molecular flexibility index (Phi) is 2.14. The summed E-state index contributed by atoms with van der Waals surface area (Å²) in [6.07, 6.45) is 2.01. The third kappa shape index (κ3) is 1.51. The largest absolute Gasteiger partial charge is 0.477 e. The second-order valence-electron chi connectivity index (χ2n) is 2.55. The van der Waals surface area contributed by atoms with Crippen LogP contribution >= 0.6 is 11.3 Å². The van der Waals surface area contributed by atoms with E-state index in [-0.39, 0.29) is 0 Å². The molecule has 66 valence electrons. The molecule has 12 heavy (non-hydrogen) atoms. The summed E-state index contributed by atoms with van der Waals surface area (Å²) in [5.74, 6) is 0. The molecular formula is C7H10N2O2S. The smallest absolute Gasteiger partial charge is 0.276 e. The predicted molar refractivity (Wildman–Crippen MR) is 46.0 cm³/mol. The topological polar surface area (TPSA) is 43.4 Å². The first-order valence-electron chi connectivity index (χ1n) is 3.75. The first kappa shape index (κ1) is 7.82. The minimum atomic E-state index is 0.315. The zero-order chi connectivity index (χ0) is 8.39. The molecule has 1 aliphatic rings. The first-order chi connectivity index (χ1) is 5.88. The lowest BCUT2D eigenvalue weighted by Gasteiger charge is -2.26. The van der Waals surface area contributed by atoms with Crippen molar-refractivity contribution in [2.24, 2.45) is 0 Å². The number of ether oxygens (including phenoxy) is 2. The second-order valence-corrected chi connectivity index (χ2v) is 3.50. The van der Waals surface area contributed by atoms with Gasteiger partial charge in [-0.25, -0.2) is 4.98 Å². The van der Waals surface area contributed by atoms with E-state index >= 15 is 0 Å². The summed E-state index contributed by atoms with van der Waals surface area (Å²) < 4.78 is 10.5. The van der Waals surface area contributed by atoms with Gasteiger partial charge in [-0.05, 0) is 11.3 Å². The average molecular weight is 186 g/mol. The monoisotopic (exact) mass is 186 g/mol. The third-order valence-corrected chi connectivity index (χ3v) is 2.51. The van der Waals surface area contributed by atoms with Gasteiger partial charge in [0.15, 0.2) is 5.06 Å². The molecule has 0 saturated carbocycles. The molecule has 0 spiro atoms. The standard InChI is InChI=1S/C7H10N2O2S/c1-10-7-9-4-6(12-7)11-5-2-8-3-5/h4-5,8H,2-3H2,1H3. The van der Waals surface area contributed by atoms with E-state index in [1.807, 2.05) is 0 Å². The Morgan fingerprint density at radius 1 is 1.67 bits per heavy atom. The van der Waals surface area contributed by atoms with Gasteiger partial charge in [-0.3, -0.25) is 0 Å². The molecule has 0 radical (unpaired) electrons. The molecule has 1 aromatic heterocycles. The highest BCUT2D eigenvalue weighted by atomic mass is 32.1. The van der Waals surface area contributed by atoms with Gasteiger partial charge >= 0.3 is 0 Å². The summed E-state index contributed by atoms with van der Waals surface area (Å²) in [6.45, 7) is 1.86. The molecule has 0 aromatic carbocycles. The van der Waals surface area contributed by atoms with Crippen molar-refractivity contribution in [3.63, 3.8) is 0 Å². The van der Waals surface area contributed by atoms with Crippen molar-refractivity contribution in [2.75, 3.05) is 20.2 Å². The van der Waals surface area contributed by atoms with E-state index in [1.54, 1.807) is 13.3 Å². The zero-order valence-corrected chi connectivity index (χ0v) is 7.56. The number of nitrogens with zero attached hydrogens (tertiary/aromatic N) is 1. The van der Waals surface area contributed by atoms with Crippen molar-refractivity contribution in [2.45, 2.75) is 6.10 Å². The molecule has 5 heteroatoms. The molecule has 4 nitrogen and oxygen atoms in total. The van der Waals surface area contributed by atoms with Gasteiger partial charge < -0.3 is 14.8 Å². The van der Waals surface area contributed by atoms with Crippen LogP contribution in [-0.2, 0) is 0 Å². The van der Waals surface area contributed by atoms with E-state index in [9.17, 15) is 0 Å². The summed E-state index contributed by atoms with van der Waals surface area (Å²) in [4.78, 5) is 4.00. The highest BCUT2D eigenvalue weighted by Gasteiger charge is 2.19. The van der Waals surface area contributed by atoms with Crippen molar-refractivity contribution in [1.82, 2.24) is 10.3 Å². The number of rotatable bonds is 3. The summed E-state index contributed by atoms with van der Waals surface area (Å²) in [7, 11) is 1.60. The zero-order valence-electron chi connectivity index (χ0n) is 6.74.